The average molecular weight is 227 g/mol. The summed E-state index contributed by atoms with van der Waals surface area (Å²) in [6, 6.07) is 0.0998. The van der Waals surface area contributed by atoms with E-state index >= 15 is 0 Å². The minimum Gasteiger partial charge on any atom is -0.392 e. The number of carbonyl (C=O) groups excluding carboxylic acids is 1. The van der Waals surface area contributed by atoms with Gasteiger partial charge in [-0.15, -0.1) is 0 Å². The van der Waals surface area contributed by atoms with Crippen molar-refractivity contribution in [2.45, 2.75) is 51.9 Å². The number of ether oxygens (including phenoxy) is 1. The number of aliphatic hydroxyl groups excluding tert-OH is 1. The summed E-state index contributed by atoms with van der Waals surface area (Å²) < 4.78 is 5.38. The molecule has 0 aromatic rings. The molecule has 1 aliphatic carbocycles. The summed E-state index contributed by atoms with van der Waals surface area (Å²) in [5.41, 5.74) is -0.196. The van der Waals surface area contributed by atoms with E-state index in [0.717, 1.165) is 6.42 Å². The van der Waals surface area contributed by atoms with E-state index in [2.05, 4.69) is 5.32 Å². The molecule has 4 unspecified atom stereocenters. The molecule has 0 radical (unpaired) electrons. The van der Waals surface area contributed by atoms with Crippen molar-refractivity contribution in [1.29, 1.82) is 0 Å². The quantitative estimate of drug-likeness (QED) is 0.729. The van der Waals surface area contributed by atoms with Gasteiger partial charge in [-0.2, -0.15) is 0 Å². The van der Waals surface area contributed by atoms with Crippen molar-refractivity contribution in [3.05, 3.63) is 0 Å². The van der Waals surface area contributed by atoms with Crippen molar-refractivity contribution in [2.75, 3.05) is 6.61 Å². The van der Waals surface area contributed by atoms with E-state index in [9.17, 15) is 9.90 Å². The fourth-order valence-electron chi connectivity index (χ4n) is 2.50. The number of nitrogens with one attached hydrogen (secondary N) is 1. The van der Waals surface area contributed by atoms with Crippen molar-refractivity contribution in [1.82, 2.24) is 5.32 Å². The van der Waals surface area contributed by atoms with Gasteiger partial charge in [0, 0.05) is 18.1 Å². The first kappa shape index (κ1) is 11.9. The third kappa shape index (κ3) is 1.84. The first-order chi connectivity index (χ1) is 7.43. The first-order valence-electron chi connectivity index (χ1n) is 6.03. The van der Waals surface area contributed by atoms with E-state index in [1.165, 1.54) is 0 Å². The summed E-state index contributed by atoms with van der Waals surface area (Å²) in [4.78, 5) is 12.0. The highest BCUT2D eigenvalue weighted by molar-refractivity contribution is 5.80. The molecule has 1 amide bonds. The molecule has 1 saturated carbocycles. The Morgan fingerprint density at radius 3 is 2.62 bits per heavy atom. The topological polar surface area (TPSA) is 58.6 Å². The lowest BCUT2D eigenvalue weighted by atomic mass is 9.64. The minimum atomic E-state index is -0.296. The molecule has 0 aromatic heterocycles. The van der Waals surface area contributed by atoms with Gasteiger partial charge in [0.1, 0.15) is 0 Å². The zero-order chi connectivity index (χ0) is 11.9. The molecule has 1 heterocycles. The number of carbonyl (C=O) groups is 1. The van der Waals surface area contributed by atoms with E-state index < -0.39 is 0 Å². The molecule has 0 spiro atoms. The van der Waals surface area contributed by atoms with Crippen LogP contribution in [-0.4, -0.2) is 35.9 Å². The molecule has 16 heavy (non-hydrogen) atoms. The van der Waals surface area contributed by atoms with Gasteiger partial charge in [-0.1, -0.05) is 13.8 Å². The second-order valence-electron chi connectivity index (χ2n) is 5.61. The molecule has 92 valence electrons. The van der Waals surface area contributed by atoms with E-state index in [1.807, 2.05) is 20.8 Å². The van der Waals surface area contributed by atoms with Crippen molar-refractivity contribution in [3.8, 4) is 0 Å². The zero-order valence-electron chi connectivity index (χ0n) is 10.2. The van der Waals surface area contributed by atoms with E-state index in [1.54, 1.807) is 0 Å². The Morgan fingerprint density at radius 1 is 1.50 bits per heavy atom. The van der Waals surface area contributed by atoms with Crippen LogP contribution in [0, 0.1) is 11.3 Å². The third-order valence-electron chi connectivity index (χ3n) is 4.25. The fourth-order valence-corrected chi connectivity index (χ4v) is 2.50. The van der Waals surface area contributed by atoms with E-state index in [0.29, 0.717) is 13.0 Å². The standard InChI is InChI=1S/C12H21NO3/c1-7-8(4-5-16-7)11(15)13-9-6-10(14)12(9,2)3/h7-10,14H,4-6H2,1-3H3,(H,13,15). The number of rotatable bonds is 2. The zero-order valence-corrected chi connectivity index (χ0v) is 10.2. The SMILES string of the molecule is CC1OCCC1C(=O)NC1CC(O)C1(C)C. The minimum absolute atomic E-state index is 0.0199. The Hall–Kier alpha value is -0.610. The summed E-state index contributed by atoms with van der Waals surface area (Å²) >= 11 is 0. The van der Waals surface area contributed by atoms with Gasteiger partial charge in [-0.3, -0.25) is 4.79 Å². The maximum absolute atomic E-state index is 12.0. The van der Waals surface area contributed by atoms with Gasteiger partial charge in [0.25, 0.3) is 0 Å². The molecular formula is C12H21NO3. The lowest BCUT2D eigenvalue weighted by Gasteiger charge is -2.49. The molecule has 2 fully saturated rings. The largest absolute Gasteiger partial charge is 0.392 e. The van der Waals surface area contributed by atoms with Crippen LogP contribution in [0.25, 0.3) is 0 Å². The van der Waals surface area contributed by atoms with Gasteiger partial charge in [0.15, 0.2) is 0 Å². The highest BCUT2D eigenvalue weighted by Crippen LogP contribution is 2.40. The lowest BCUT2D eigenvalue weighted by Crippen LogP contribution is -2.62. The van der Waals surface area contributed by atoms with Gasteiger partial charge in [0.05, 0.1) is 18.1 Å². The third-order valence-corrected chi connectivity index (χ3v) is 4.25. The molecule has 4 heteroatoms. The van der Waals surface area contributed by atoms with Crippen LogP contribution in [0.3, 0.4) is 0 Å². The van der Waals surface area contributed by atoms with Crippen LogP contribution in [0.5, 0.6) is 0 Å². The van der Waals surface area contributed by atoms with Crippen molar-refractivity contribution in [3.63, 3.8) is 0 Å². The predicted molar refractivity (Wildman–Crippen MR) is 59.9 cm³/mol. The van der Waals surface area contributed by atoms with Gasteiger partial charge >= 0.3 is 0 Å². The Kier molecular flexibility index (Phi) is 2.97. The predicted octanol–water partition coefficient (Wildman–Crippen LogP) is 0.687. The van der Waals surface area contributed by atoms with Gasteiger partial charge < -0.3 is 15.2 Å². The number of amides is 1. The smallest absolute Gasteiger partial charge is 0.226 e. The van der Waals surface area contributed by atoms with Crippen LogP contribution in [0.15, 0.2) is 0 Å². The molecule has 1 aliphatic heterocycles. The fraction of sp³-hybridized carbons (Fsp3) is 0.917. The van der Waals surface area contributed by atoms with Crippen LogP contribution in [0.2, 0.25) is 0 Å². The molecule has 0 bridgehead atoms. The van der Waals surface area contributed by atoms with Gasteiger partial charge in [-0.25, -0.2) is 0 Å². The van der Waals surface area contributed by atoms with Crippen LogP contribution < -0.4 is 5.32 Å². The molecule has 0 aromatic carbocycles. The van der Waals surface area contributed by atoms with Crippen LogP contribution in [0.1, 0.15) is 33.6 Å². The monoisotopic (exact) mass is 227 g/mol. The summed E-state index contributed by atoms with van der Waals surface area (Å²) in [6.45, 7) is 6.59. The molecule has 2 aliphatic rings. The highest BCUT2D eigenvalue weighted by atomic mass is 16.5. The van der Waals surface area contributed by atoms with Gasteiger partial charge in [-0.05, 0) is 19.8 Å². The molecule has 4 atom stereocenters. The molecule has 2 rings (SSSR count). The van der Waals surface area contributed by atoms with Crippen molar-refractivity contribution in [2.24, 2.45) is 11.3 Å². The van der Waals surface area contributed by atoms with E-state index in [4.69, 9.17) is 4.74 Å². The second kappa shape index (κ2) is 4.00. The Morgan fingerprint density at radius 2 is 2.19 bits per heavy atom. The average Bonchev–Trinajstić information content (AvgIpc) is 2.64. The summed E-state index contributed by atoms with van der Waals surface area (Å²) in [5, 5.41) is 12.6. The summed E-state index contributed by atoms with van der Waals surface area (Å²) in [6.07, 6.45) is 1.20. The highest BCUT2D eigenvalue weighted by Gasteiger charge is 2.48. The normalized spacial score (nSPS) is 41.5. The number of aliphatic hydroxyl groups is 1. The van der Waals surface area contributed by atoms with Crippen LogP contribution >= 0.6 is 0 Å². The number of hydrogen-bond acceptors (Lipinski definition) is 3. The van der Waals surface area contributed by atoms with Crippen molar-refractivity contribution >= 4 is 5.91 Å². The Labute approximate surface area is 96.4 Å². The maximum atomic E-state index is 12.0. The second-order valence-corrected chi connectivity index (χ2v) is 5.61. The molecule has 1 saturated heterocycles. The van der Waals surface area contributed by atoms with Crippen LogP contribution in [0.4, 0.5) is 0 Å². The summed E-state index contributed by atoms with van der Waals surface area (Å²) in [5.74, 6) is 0.0588. The maximum Gasteiger partial charge on any atom is 0.226 e. The molecular weight excluding hydrogens is 206 g/mol. The van der Waals surface area contributed by atoms with Crippen molar-refractivity contribution < 1.29 is 14.6 Å². The first-order valence-corrected chi connectivity index (χ1v) is 6.03. The molecule has 4 nitrogen and oxygen atoms in total. The summed E-state index contributed by atoms with van der Waals surface area (Å²) in [7, 11) is 0. The Balaban J connectivity index is 1.89. The van der Waals surface area contributed by atoms with Crippen LogP contribution in [-0.2, 0) is 9.53 Å². The Bertz CT molecular complexity index is 290. The number of hydrogen-bond donors (Lipinski definition) is 2. The van der Waals surface area contributed by atoms with E-state index in [-0.39, 0.29) is 35.5 Å². The lowest BCUT2D eigenvalue weighted by molar-refractivity contribution is -0.134. The van der Waals surface area contributed by atoms with Gasteiger partial charge in [0.2, 0.25) is 5.91 Å². The molecule has 2 N–H and O–H groups in total.